The van der Waals surface area contributed by atoms with Crippen LogP contribution in [0, 0.1) is 0 Å². The van der Waals surface area contributed by atoms with E-state index >= 15 is 0 Å². The van der Waals surface area contributed by atoms with Crippen LogP contribution in [0.3, 0.4) is 0 Å². The molecule has 20 heavy (non-hydrogen) atoms. The highest BCUT2D eigenvalue weighted by Gasteiger charge is 2.03. The van der Waals surface area contributed by atoms with Gasteiger partial charge in [-0.1, -0.05) is 58.3 Å². The van der Waals surface area contributed by atoms with Crippen molar-refractivity contribution in [1.29, 1.82) is 0 Å². The van der Waals surface area contributed by atoms with Crippen molar-refractivity contribution >= 4 is 17.9 Å². The fraction of sp³-hybridized carbons (Fsp3) is 0.786. The minimum Gasteiger partial charge on any atom is -0.369 e. The Morgan fingerprint density at radius 1 is 0.900 bits per heavy atom. The van der Waals surface area contributed by atoms with Gasteiger partial charge in [0.05, 0.1) is 0 Å². The highest BCUT2D eigenvalue weighted by atomic mass is 16.2. The Morgan fingerprint density at radius 3 is 1.90 bits per heavy atom. The summed E-state index contributed by atoms with van der Waals surface area (Å²) in [6.45, 7) is 2.21. The average Bonchev–Trinajstić information content (AvgIpc) is 2.35. The van der Waals surface area contributed by atoms with E-state index in [2.05, 4.69) is 17.2 Å². The van der Waals surface area contributed by atoms with E-state index in [9.17, 15) is 9.59 Å². The second kappa shape index (κ2) is 12.4. The Balaban J connectivity index is 3.42. The first-order chi connectivity index (χ1) is 9.56. The number of nitrogens with one attached hydrogen (secondary N) is 1. The molecule has 6 nitrogen and oxygen atoms in total. The number of hydrogen-bond donors (Lipinski definition) is 3. The van der Waals surface area contributed by atoms with Crippen LogP contribution in [0.5, 0.6) is 0 Å². The second-order valence-electron chi connectivity index (χ2n) is 4.96. The number of guanidine groups is 1. The van der Waals surface area contributed by atoms with Crippen molar-refractivity contribution in [2.75, 3.05) is 0 Å². The SMILES string of the molecule is CCCCCCCCCCCC(=O)N/C(N)=N/C(N)=O. The van der Waals surface area contributed by atoms with Crippen molar-refractivity contribution in [2.45, 2.75) is 71.1 Å². The van der Waals surface area contributed by atoms with E-state index in [1.54, 1.807) is 0 Å². The molecule has 0 aromatic rings. The van der Waals surface area contributed by atoms with Gasteiger partial charge in [0, 0.05) is 6.42 Å². The van der Waals surface area contributed by atoms with E-state index in [1.165, 1.54) is 38.5 Å². The maximum Gasteiger partial charge on any atom is 0.341 e. The summed E-state index contributed by atoms with van der Waals surface area (Å²) in [5, 5.41) is 2.32. The monoisotopic (exact) mass is 284 g/mol. The zero-order valence-electron chi connectivity index (χ0n) is 12.5. The number of primary amides is 1. The number of nitrogens with zero attached hydrogens (tertiary/aromatic N) is 1. The van der Waals surface area contributed by atoms with Gasteiger partial charge in [-0.05, 0) is 6.42 Å². The fourth-order valence-corrected chi connectivity index (χ4v) is 1.95. The lowest BCUT2D eigenvalue weighted by Gasteiger charge is -2.04. The lowest BCUT2D eigenvalue weighted by molar-refractivity contribution is -0.119. The summed E-state index contributed by atoms with van der Waals surface area (Å²) in [4.78, 5) is 25.1. The zero-order valence-corrected chi connectivity index (χ0v) is 12.5. The molecular formula is C14H28N4O2. The Kier molecular flexibility index (Phi) is 11.5. The largest absolute Gasteiger partial charge is 0.369 e. The number of amides is 3. The minimum atomic E-state index is -0.911. The summed E-state index contributed by atoms with van der Waals surface area (Å²) in [6.07, 6.45) is 11.2. The van der Waals surface area contributed by atoms with Crippen LogP contribution in [-0.2, 0) is 4.79 Å². The Hall–Kier alpha value is -1.59. The standard InChI is InChI=1S/C14H28N4O2/c1-2-3-4-5-6-7-8-9-10-11-12(19)17-13(15)18-14(16)20/h2-11H2,1H3,(H5,15,16,17,18,19,20). The molecule has 0 radical (unpaired) electrons. The highest BCUT2D eigenvalue weighted by molar-refractivity contribution is 6.00. The molecule has 0 atom stereocenters. The van der Waals surface area contributed by atoms with Crippen LogP contribution in [0.2, 0.25) is 0 Å². The van der Waals surface area contributed by atoms with Crippen LogP contribution in [0.25, 0.3) is 0 Å². The predicted octanol–water partition coefficient (Wildman–Crippen LogP) is 2.42. The second-order valence-corrected chi connectivity index (χ2v) is 4.96. The van der Waals surface area contributed by atoms with E-state index in [0.717, 1.165) is 19.3 Å². The highest BCUT2D eigenvalue weighted by Crippen LogP contribution is 2.10. The third-order valence-corrected chi connectivity index (χ3v) is 3.01. The number of carbonyl (C=O) groups excluding carboxylic acids is 2. The molecule has 0 rings (SSSR count). The van der Waals surface area contributed by atoms with Crippen molar-refractivity contribution in [3.8, 4) is 0 Å². The molecule has 0 saturated heterocycles. The summed E-state index contributed by atoms with van der Waals surface area (Å²) in [5.41, 5.74) is 10.1. The van der Waals surface area contributed by atoms with Crippen LogP contribution in [0.1, 0.15) is 71.1 Å². The normalized spacial score (nSPS) is 11.3. The third kappa shape index (κ3) is 12.9. The maximum absolute atomic E-state index is 11.4. The van der Waals surface area contributed by atoms with Gasteiger partial charge in [-0.2, -0.15) is 4.99 Å². The van der Waals surface area contributed by atoms with Crippen molar-refractivity contribution in [3.05, 3.63) is 0 Å². The predicted molar refractivity (Wildman–Crippen MR) is 81.2 cm³/mol. The van der Waals surface area contributed by atoms with Gasteiger partial charge in [0.25, 0.3) is 0 Å². The molecule has 0 aromatic heterocycles. The molecule has 0 aliphatic carbocycles. The van der Waals surface area contributed by atoms with Gasteiger partial charge in [0.2, 0.25) is 11.9 Å². The maximum atomic E-state index is 11.4. The molecule has 116 valence electrons. The molecule has 0 spiro atoms. The number of urea groups is 1. The lowest BCUT2D eigenvalue weighted by Crippen LogP contribution is -2.37. The van der Waals surface area contributed by atoms with Gasteiger partial charge in [0.1, 0.15) is 0 Å². The van der Waals surface area contributed by atoms with Crippen molar-refractivity contribution in [3.63, 3.8) is 0 Å². The van der Waals surface area contributed by atoms with E-state index in [-0.39, 0.29) is 11.9 Å². The molecule has 3 amide bonds. The summed E-state index contributed by atoms with van der Waals surface area (Å²) in [6, 6.07) is -0.911. The zero-order chi connectivity index (χ0) is 15.2. The van der Waals surface area contributed by atoms with Crippen molar-refractivity contribution in [1.82, 2.24) is 5.32 Å². The van der Waals surface area contributed by atoms with Crippen LogP contribution in [0.15, 0.2) is 4.99 Å². The van der Waals surface area contributed by atoms with Gasteiger partial charge in [-0.15, -0.1) is 0 Å². The lowest BCUT2D eigenvalue weighted by atomic mass is 10.1. The average molecular weight is 284 g/mol. The molecule has 5 N–H and O–H groups in total. The smallest absolute Gasteiger partial charge is 0.341 e. The molecule has 0 fully saturated rings. The summed E-state index contributed by atoms with van der Waals surface area (Å²) >= 11 is 0. The van der Waals surface area contributed by atoms with Crippen molar-refractivity contribution in [2.24, 2.45) is 16.5 Å². The first kappa shape index (κ1) is 18.4. The molecule has 6 heteroatoms. The van der Waals surface area contributed by atoms with Gasteiger partial charge >= 0.3 is 6.03 Å². The number of aliphatic imine (C=N–C) groups is 1. The molecular weight excluding hydrogens is 256 g/mol. The van der Waals surface area contributed by atoms with E-state index in [1.807, 2.05) is 0 Å². The number of unbranched alkanes of at least 4 members (excludes halogenated alkanes) is 8. The molecule has 0 aliphatic rings. The number of carbonyl (C=O) groups is 2. The summed E-state index contributed by atoms with van der Waals surface area (Å²) in [7, 11) is 0. The number of rotatable bonds is 10. The summed E-state index contributed by atoms with van der Waals surface area (Å²) in [5.74, 6) is -0.464. The summed E-state index contributed by atoms with van der Waals surface area (Å²) < 4.78 is 0. The van der Waals surface area contributed by atoms with Crippen LogP contribution >= 0.6 is 0 Å². The van der Waals surface area contributed by atoms with E-state index in [4.69, 9.17) is 11.5 Å². The molecule has 0 saturated carbocycles. The van der Waals surface area contributed by atoms with Crippen LogP contribution in [-0.4, -0.2) is 17.9 Å². The van der Waals surface area contributed by atoms with Gasteiger partial charge in [-0.3, -0.25) is 10.1 Å². The Morgan fingerprint density at radius 2 is 1.40 bits per heavy atom. The number of nitrogens with two attached hydrogens (primary N) is 2. The first-order valence-corrected chi connectivity index (χ1v) is 7.49. The molecule has 0 bridgehead atoms. The molecule has 0 aromatic carbocycles. The third-order valence-electron chi connectivity index (χ3n) is 3.01. The fourth-order valence-electron chi connectivity index (χ4n) is 1.95. The topological polar surface area (TPSA) is 111 Å². The van der Waals surface area contributed by atoms with Crippen molar-refractivity contribution < 1.29 is 9.59 Å². The van der Waals surface area contributed by atoms with Crippen LogP contribution in [0.4, 0.5) is 4.79 Å². The molecule has 0 heterocycles. The van der Waals surface area contributed by atoms with Gasteiger partial charge < -0.3 is 11.5 Å². The van der Waals surface area contributed by atoms with Gasteiger partial charge in [-0.25, -0.2) is 4.79 Å². The minimum absolute atomic E-state index is 0.226. The quantitative estimate of drug-likeness (QED) is 0.325. The molecule has 0 unspecified atom stereocenters. The Labute approximate surface area is 121 Å². The number of hydrogen-bond acceptors (Lipinski definition) is 2. The van der Waals surface area contributed by atoms with E-state index < -0.39 is 6.03 Å². The van der Waals surface area contributed by atoms with E-state index in [0.29, 0.717) is 6.42 Å². The first-order valence-electron chi connectivity index (χ1n) is 7.49. The Bertz CT molecular complexity index is 316. The van der Waals surface area contributed by atoms with Gasteiger partial charge in [0.15, 0.2) is 0 Å². The molecule has 0 aliphatic heterocycles. The van der Waals surface area contributed by atoms with Crippen LogP contribution < -0.4 is 16.8 Å².